The Balaban J connectivity index is 1.59. The van der Waals surface area contributed by atoms with Crippen LogP contribution < -0.4 is 14.8 Å². The molecule has 0 spiro atoms. The van der Waals surface area contributed by atoms with Crippen molar-refractivity contribution in [1.29, 1.82) is 0 Å². The average molecular weight is 440 g/mol. The molecule has 0 bridgehead atoms. The third-order valence-corrected chi connectivity index (χ3v) is 5.94. The summed E-state index contributed by atoms with van der Waals surface area (Å²) in [5.41, 5.74) is 4.84. The van der Waals surface area contributed by atoms with Crippen LogP contribution in [0.5, 0.6) is 11.5 Å². The molecule has 0 fully saturated rings. The Bertz CT molecular complexity index is 1260. The van der Waals surface area contributed by atoms with Gasteiger partial charge >= 0.3 is 6.03 Å². The van der Waals surface area contributed by atoms with Gasteiger partial charge < -0.3 is 24.3 Å². The quantitative estimate of drug-likeness (QED) is 0.448. The average Bonchev–Trinajstić information content (AvgIpc) is 3.28. The van der Waals surface area contributed by atoms with Crippen LogP contribution in [0.25, 0.3) is 5.69 Å². The molecule has 1 aliphatic rings. The molecule has 2 amide bonds. The highest BCUT2D eigenvalue weighted by atomic mass is 16.5. The lowest BCUT2D eigenvalue weighted by molar-refractivity contribution is 0.194. The van der Waals surface area contributed by atoms with Gasteiger partial charge in [-0.25, -0.2) is 4.79 Å². The summed E-state index contributed by atoms with van der Waals surface area (Å²) in [5, 5.41) is 3.06. The van der Waals surface area contributed by atoms with Gasteiger partial charge in [0.2, 0.25) is 0 Å². The lowest BCUT2D eigenvalue weighted by Gasteiger charge is -2.31. The summed E-state index contributed by atoms with van der Waals surface area (Å²) in [4.78, 5) is 15.6. The van der Waals surface area contributed by atoms with Crippen molar-refractivity contribution in [3.63, 3.8) is 0 Å². The number of amides is 2. The molecule has 1 atom stereocenters. The summed E-state index contributed by atoms with van der Waals surface area (Å²) in [6.07, 6.45) is 2.05. The lowest BCUT2D eigenvalue weighted by atomic mass is 10.0. The van der Waals surface area contributed by atoms with Crippen molar-refractivity contribution in [1.82, 2.24) is 9.47 Å². The molecule has 1 aliphatic heterocycles. The van der Waals surface area contributed by atoms with E-state index in [4.69, 9.17) is 9.47 Å². The molecular formula is C27H25N3O3. The monoisotopic (exact) mass is 439 g/mol. The van der Waals surface area contributed by atoms with E-state index in [2.05, 4.69) is 46.4 Å². The molecule has 0 saturated heterocycles. The normalized spacial score (nSPS) is 14.6. The maximum Gasteiger partial charge on any atom is 0.322 e. The molecule has 166 valence electrons. The molecule has 0 saturated carbocycles. The minimum absolute atomic E-state index is 0.205. The second-order valence-electron chi connectivity index (χ2n) is 7.90. The number of aromatic nitrogens is 1. The Hall–Kier alpha value is -4.19. The second-order valence-corrected chi connectivity index (χ2v) is 7.90. The molecule has 33 heavy (non-hydrogen) atoms. The molecule has 2 heterocycles. The molecule has 4 aromatic rings. The van der Waals surface area contributed by atoms with E-state index in [0.717, 1.165) is 22.5 Å². The smallest absolute Gasteiger partial charge is 0.322 e. The van der Waals surface area contributed by atoms with Crippen LogP contribution in [0.15, 0.2) is 91.1 Å². The van der Waals surface area contributed by atoms with Gasteiger partial charge in [-0.2, -0.15) is 0 Å². The van der Waals surface area contributed by atoms with Crippen molar-refractivity contribution in [3.8, 4) is 17.2 Å². The van der Waals surface area contributed by atoms with Gasteiger partial charge in [-0.15, -0.1) is 0 Å². The molecule has 6 nitrogen and oxygen atoms in total. The number of nitrogens with one attached hydrogen (secondary N) is 1. The second kappa shape index (κ2) is 8.74. The standard InChI is InChI=1S/C27H25N3O3/c1-32-22-15-21(16-23(17-22)33-2)28-27(31)30-18-20-11-6-7-12-24(20)29-14-8-13-25(29)26(30)19-9-4-3-5-10-19/h3-17,26H,18H2,1-2H3,(H,28,31)/t26-/m1/s1. The minimum atomic E-state index is -0.263. The molecule has 0 aliphatic carbocycles. The number of anilines is 1. The zero-order valence-corrected chi connectivity index (χ0v) is 18.6. The number of rotatable bonds is 4. The van der Waals surface area contributed by atoms with E-state index in [1.54, 1.807) is 32.4 Å². The van der Waals surface area contributed by atoms with Crippen molar-refractivity contribution in [2.75, 3.05) is 19.5 Å². The summed E-state index contributed by atoms with van der Waals surface area (Å²) >= 11 is 0. The van der Waals surface area contributed by atoms with Crippen LogP contribution >= 0.6 is 0 Å². The maximum atomic E-state index is 13.8. The van der Waals surface area contributed by atoms with Gasteiger partial charge in [0, 0.05) is 35.8 Å². The number of urea groups is 1. The highest BCUT2D eigenvalue weighted by Gasteiger charge is 2.33. The van der Waals surface area contributed by atoms with Gasteiger partial charge in [0.1, 0.15) is 11.5 Å². The van der Waals surface area contributed by atoms with Crippen molar-refractivity contribution in [2.45, 2.75) is 12.6 Å². The number of carbonyl (C=O) groups excluding carboxylic acids is 1. The van der Waals surface area contributed by atoms with E-state index in [1.165, 1.54) is 0 Å². The Kier molecular flexibility index (Phi) is 5.48. The van der Waals surface area contributed by atoms with Crippen molar-refractivity contribution in [3.05, 3.63) is 108 Å². The van der Waals surface area contributed by atoms with Crippen LogP contribution in [-0.2, 0) is 6.54 Å². The number of nitrogens with zero attached hydrogens (tertiary/aromatic N) is 2. The molecule has 6 heteroatoms. The highest BCUT2D eigenvalue weighted by Crippen LogP contribution is 2.37. The fraction of sp³-hybridized carbons (Fsp3) is 0.148. The van der Waals surface area contributed by atoms with Gasteiger partial charge in [-0.05, 0) is 29.3 Å². The zero-order chi connectivity index (χ0) is 22.8. The Labute approximate surface area is 193 Å². The lowest BCUT2D eigenvalue weighted by Crippen LogP contribution is -2.37. The number of fused-ring (bicyclic) bond motifs is 3. The van der Waals surface area contributed by atoms with Crippen LogP contribution in [0.1, 0.15) is 22.9 Å². The fourth-order valence-electron chi connectivity index (χ4n) is 4.40. The van der Waals surface area contributed by atoms with E-state index in [-0.39, 0.29) is 12.1 Å². The van der Waals surface area contributed by atoms with E-state index in [1.807, 2.05) is 41.3 Å². The number of hydrogen-bond donors (Lipinski definition) is 1. The van der Waals surface area contributed by atoms with Crippen LogP contribution in [0.2, 0.25) is 0 Å². The molecule has 3 aromatic carbocycles. The van der Waals surface area contributed by atoms with E-state index in [9.17, 15) is 4.79 Å². The number of hydrogen-bond acceptors (Lipinski definition) is 3. The Morgan fingerprint density at radius 3 is 2.30 bits per heavy atom. The molecule has 0 radical (unpaired) electrons. The molecule has 1 N–H and O–H groups in total. The van der Waals surface area contributed by atoms with Crippen molar-refractivity contribution >= 4 is 11.7 Å². The van der Waals surface area contributed by atoms with Gasteiger partial charge in [0.25, 0.3) is 0 Å². The van der Waals surface area contributed by atoms with Crippen LogP contribution in [0.3, 0.4) is 0 Å². The Morgan fingerprint density at radius 2 is 1.58 bits per heavy atom. The van der Waals surface area contributed by atoms with Crippen LogP contribution in [0.4, 0.5) is 10.5 Å². The van der Waals surface area contributed by atoms with Gasteiger partial charge in [0.15, 0.2) is 0 Å². The van der Waals surface area contributed by atoms with Crippen molar-refractivity contribution < 1.29 is 14.3 Å². The molecular weight excluding hydrogens is 414 g/mol. The first-order valence-electron chi connectivity index (χ1n) is 10.8. The third-order valence-electron chi connectivity index (χ3n) is 5.94. The molecule has 5 rings (SSSR count). The first-order chi connectivity index (χ1) is 16.2. The minimum Gasteiger partial charge on any atom is -0.497 e. The van der Waals surface area contributed by atoms with Crippen LogP contribution in [-0.4, -0.2) is 29.7 Å². The predicted octanol–water partition coefficient (Wildman–Crippen LogP) is 5.63. The van der Waals surface area contributed by atoms with Gasteiger partial charge in [-0.3, -0.25) is 0 Å². The van der Waals surface area contributed by atoms with Gasteiger partial charge in [-0.1, -0.05) is 48.5 Å². The largest absolute Gasteiger partial charge is 0.497 e. The number of ether oxygens (including phenoxy) is 2. The number of benzene rings is 3. The highest BCUT2D eigenvalue weighted by molar-refractivity contribution is 5.90. The number of para-hydroxylation sites is 1. The topological polar surface area (TPSA) is 55.7 Å². The summed E-state index contributed by atoms with van der Waals surface area (Å²) in [5.74, 6) is 1.22. The molecule has 0 unspecified atom stereocenters. The number of methoxy groups -OCH3 is 2. The van der Waals surface area contributed by atoms with Crippen LogP contribution in [0, 0.1) is 0 Å². The molecule has 1 aromatic heterocycles. The summed E-state index contributed by atoms with van der Waals surface area (Å²) in [7, 11) is 3.18. The summed E-state index contributed by atoms with van der Waals surface area (Å²) in [6.45, 7) is 0.463. The zero-order valence-electron chi connectivity index (χ0n) is 18.6. The van der Waals surface area contributed by atoms with Crippen molar-refractivity contribution in [2.24, 2.45) is 0 Å². The van der Waals surface area contributed by atoms with E-state index < -0.39 is 0 Å². The summed E-state index contributed by atoms with van der Waals surface area (Å²) < 4.78 is 12.9. The number of carbonyl (C=O) groups is 1. The maximum absolute atomic E-state index is 13.8. The van der Waals surface area contributed by atoms with Gasteiger partial charge in [0.05, 0.1) is 32.5 Å². The third kappa shape index (κ3) is 3.91. The van der Waals surface area contributed by atoms with E-state index in [0.29, 0.717) is 23.7 Å². The SMILES string of the molecule is COc1cc(NC(=O)N2Cc3ccccc3-n3cccc3[C@H]2c2ccccc2)cc(OC)c1. The first kappa shape index (κ1) is 20.7. The Morgan fingerprint density at radius 1 is 0.879 bits per heavy atom. The van der Waals surface area contributed by atoms with E-state index >= 15 is 0 Å². The summed E-state index contributed by atoms with van der Waals surface area (Å²) in [6, 6.07) is 27.3. The fourth-order valence-corrected chi connectivity index (χ4v) is 4.40. The predicted molar refractivity (Wildman–Crippen MR) is 128 cm³/mol. The first-order valence-corrected chi connectivity index (χ1v) is 10.8.